The van der Waals surface area contributed by atoms with E-state index in [1.54, 1.807) is 13.2 Å². The molecule has 2 N–H and O–H groups in total. The summed E-state index contributed by atoms with van der Waals surface area (Å²) in [6, 6.07) is 0. The normalized spacial score (nSPS) is 22.9. The molecule has 1 aliphatic carbocycles. The first-order valence-electron chi connectivity index (χ1n) is 7.13. The summed E-state index contributed by atoms with van der Waals surface area (Å²) in [6.45, 7) is 1.32. The van der Waals surface area contributed by atoms with E-state index >= 15 is 0 Å². The van der Waals surface area contributed by atoms with Gasteiger partial charge in [-0.2, -0.15) is 0 Å². The van der Waals surface area contributed by atoms with E-state index in [2.05, 4.69) is 5.32 Å². The van der Waals surface area contributed by atoms with Crippen molar-refractivity contribution in [3.8, 4) is 0 Å². The van der Waals surface area contributed by atoms with E-state index in [9.17, 15) is 14.7 Å². The summed E-state index contributed by atoms with van der Waals surface area (Å²) in [5, 5.41) is 12.7. The number of aromatic nitrogens is 2. The second kappa shape index (κ2) is 6.37. The van der Waals surface area contributed by atoms with Gasteiger partial charge in [0.15, 0.2) is 0 Å². The third kappa shape index (κ3) is 3.37. The van der Waals surface area contributed by atoms with Crippen LogP contribution in [0.4, 0.5) is 0 Å². The third-order valence-corrected chi connectivity index (χ3v) is 4.08. The van der Waals surface area contributed by atoms with Crippen LogP contribution in [-0.4, -0.2) is 26.9 Å². The van der Waals surface area contributed by atoms with E-state index in [0.717, 1.165) is 36.8 Å². The maximum atomic E-state index is 11.9. The van der Waals surface area contributed by atoms with Crippen molar-refractivity contribution in [1.82, 2.24) is 14.5 Å². The molecule has 0 atom stereocenters. The van der Waals surface area contributed by atoms with Gasteiger partial charge in [0, 0.05) is 32.4 Å². The van der Waals surface area contributed by atoms with Gasteiger partial charge < -0.3 is 15.0 Å². The molecular formula is C14H23N3O3. The predicted molar refractivity (Wildman–Crippen MR) is 76.6 cm³/mol. The zero-order valence-electron chi connectivity index (χ0n) is 12.1. The lowest BCUT2D eigenvalue weighted by Gasteiger charge is -2.25. The molecule has 20 heavy (non-hydrogen) atoms. The average molecular weight is 281 g/mol. The number of hydrogen-bond donors (Lipinski definition) is 2. The van der Waals surface area contributed by atoms with Crippen LogP contribution in [0.1, 0.15) is 31.2 Å². The maximum absolute atomic E-state index is 11.9. The Bertz CT molecular complexity index is 568. The van der Waals surface area contributed by atoms with Crippen molar-refractivity contribution in [3.05, 3.63) is 32.6 Å². The molecule has 6 heteroatoms. The molecule has 2 rings (SSSR count). The Balaban J connectivity index is 1.92. The molecule has 0 unspecified atom stereocenters. The van der Waals surface area contributed by atoms with E-state index in [0.29, 0.717) is 18.0 Å². The minimum Gasteiger partial charge on any atom is -0.393 e. The Morgan fingerprint density at radius 3 is 2.55 bits per heavy atom. The molecule has 1 heterocycles. The van der Waals surface area contributed by atoms with Gasteiger partial charge in [-0.3, -0.25) is 9.36 Å². The summed E-state index contributed by atoms with van der Waals surface area (Å²) in [7, 11) is 3.14. The van der Waals surface area contributed by atoms with Crippen molar-refractivity contribution in [1.29, 1.82) is 0 Å². The SMILES string of the molecule is Cn1cc(CNCC2CCC(O)CC2)c(=O)n(C)c1=O. The number of aliphatic hydroxyl groups excluding tert-OH is 1. The van der Waals surface area contributed by atoms with Crippen LogP contribution in [0.5, 0.6) is 0 Å². The lowest BCUT2D eigenvalue weighted by Crippen LogP contribution is -2.40. The van der Waals surface area contributed by atoms with Gasteiger partial charge in [-0.05, 0) is 38.1 Å². The highest BCUT2D eigenvalue weighted by Gasteiger charge is 2.19. The van der Waals surface area contributed by atoms with Gasteiger partial charge in [0.05, 0.1) is 6.10 Å². The first-order valence-corrected chi connectivity index (χ1v) is 7.13. The second-order valence-corrected chi connectivity index (χ2v) is 5.72. The summed E-state index contributed by atoms with van der Waals surface area (Å²) in [5.41, 5.74) is 0.0603. The predicted octanol–water partition coefficient (Wildman–Crippen LogP) is -0.275. The monoisotopic (exact) mass is 281 g/mol. The van der Waals surface area contributed by atoms with Crippen LogP contribution < -0.4 is 16.6 Å². The van der Waals surface area contributed by atoms with Crippen molar-refractivity contribution in [2.75, 3.05) is 6.54 Å². The first-order chi connectivity index (χ1) is 9.49. The van der Waals surface area contributed by atoms with Gasteiger partial charge in [-0.1, -0.05) is 0 Å². The Kier molecular flexibility index (Phi) is 4.77. The Hall–Kier alpha value is -1.40. The fourth-order valence-electron chi connectivity index (χ4n) is 2.76. The molecule has 0 saturated heterocycles. The Labute approximate surface area is 118 Å². The number of aryl methyl sites for hydroxylation is 1. The highest BCUT2D eigenvalue weighted by molar-refractivity contribution is 5.05. The highest BCUT2D eigenvalue weighted by Crippen LogP contribution is 2.23. The van der Waals surface area contributed by atoms with Crippen molar-refractivity contribution in [2.45, 2.75) is 38.3 Å². The number of nitrogens with one attached hydrogen (secondary N) is 1. The molecular weight excluding hydrogens is 258 g/mol. The summed E-state index contributed by atoms with van der Waals surface area (Å²) in [6.07, 6.45) is 5.26. The van der Waals surface area contributed by atoms with Gasteiger partial charge in [-0.25, -0.2) is 4.79 Å². The molecule has 112 valence electrons. The fourth-order valence-corrected chi connectivity index (χ4v) is 2.76. The summed E-state index contributed by atoms with van der Waals surface area (Å²) in [4.78, 5) is 23.5. The largest absolute Gasteiger partial charge is 0.393 e. The number of rotatable bonds is 4. The van der Waals surface area contributed by atoms with Gasteiger partial charge in [0.2, 0.25) is 0 Å². The van der Waals surface area contributed by atoms with Crippen LogP contribution in [0.15, 0.2) is 15.8 Å². The fraction of sp³-hybridized carbons (Fsp3) is 0.714. The Morgan fingerprint density at radius 1 is 1.25 bits per heavy atom. The topological polar surface area (TPSA) is 76.3 Å². The minimum absolute atomic E-state index is 0.137. The van der Waals surface area contributed by atoms with Gasteiger partial charge >= 0.3 is 5.69 Å². The quantitative estimate of drug-likeness (QED) is 0.796. The molecule has 0 spiro atoms. The van der Waals surface area contributed by atoms with Crippen molar-refractivity contribution < 1.29 is 5.11 Å². The molecule has 1 fully saturated rings. The van der Waals surface area contributed by atoms with E-state index in [1.165, 1.54) is 11.6 Å². The third-order valence-electron chi connectivity index (χ3n) is 4.08. The summed E-state index contributed by atoms with van der Waals surface area (Å²) in [5.74, 6) is 0.565. The molecule has 0 aliphatic heterocycles. The van der Waals surface area contributed by atoms with Crippen LogP contribution in [0, 0.1) is 5.92 Å². The van der Waals surface area contributed by atoms with Crippen molar-refractivity contribution >= 4 is 0 Å². The van der Waals surface area contributed by atoms with Crippen LogP contribution in [0.3, 0.4) is 0 Å². The number of nitrogens with zero attached hydrogens (tertiary/aromatic N) is 2. The lowest BCUT2D eigenvalue weighted by molar-refractivity contribution is 0.108. The van der Waals surface area contributed by atoms with Crippen LogP contribution in [-0.2, 0) is 20.6 Å². The molecule has 0 amide bonds. The van der Waals surface area contributed by atoms with E-state index < -0.39 is 0 Å². The smallest absolute Gasteiger partial charge is 0.330 e. The molecule has 1 aromatic rings. The molecule has 1 saturated carbocycles. The summed E-state index contributed by atoms with van der Waals surface area (Å²) < 4.78 is 2.56. The zero-order chi connectivity index (χ0) is 14.7. The van der Waals surface area contributed by atoms with E-state index in [4.69, 9.17) is 0 Å². The molecule has 6 nitrogen and oxygen atoms in total. The van der Waals surface area contributed by atoms with Crippen LogP contribution >= 0.6 is 0 Å². The first kappa shape index (κ1) is 15.0. The van der Waals surface area contributed by atoms with Gasteiger partial charge in [-0.15, -0.1) is 0 Å². The van der Waals surface area contributed by atoms with Gasteiger partial charge in [0.25, 0.3) is 5.56 Å². The average Bonchev–Trinajstić information content (AvgIpc) is 2.44. The number of aliphatic hydroxyl groups is 1. The lowest BCUT2D eigenvalue weighted by atomic mass is 9.87. The zero-order valence-corrected chi connectivity index (χ0v) is 12.1. The standard InChI is InChI=1S/C14H23N3O3/c1-16-9-11(13(19)17(2)14(16)20)8-15-7-10-3-5-12(18)6-4-10/h9-10,12,15,18H,3-8H2,1-2H3. The highest BCUT2D eigenvalue weighted by atomic mass is 16.3. The maximum Gasteiger partial charge on any atom is 0.330 e. The number of hydrogen-bond acceptors (Lipinski definition) is 4. The van der Waals surface area contributed by atoms with E-state index in [-0.39, 0.29) is 17.4 Å². The second-order valence-electron chi connectivity index (χ2n) is 5.72. The van der Waals surface area contributed by atoms with Crippen LogP contribution in [0.2, 0.25) is 0 Å². The Morgan fingerprint density at radius 2 is 1.90 bits per heavy atom. The molecule has 0 aromatic carbocycles. The minimum atomic E-state index is -0.306. The summed E-state index contributed by atoms with van der Waals surface area (Å²) >= 11 is 0. The van der Waals surface area contributed by atoms with Gasteiger partial charge in [0.1, 0.15) is 0 Å². The van der Waals surface area contributed by atoms with Crippen LogP contribution in [0.25, 0.3) is 0 Å². The van der Waals surface area contributed by atoms with E-state index in [1.807, 2.05) is 0 Å². The molecule has 1 aliphatic rings. The van der Waals surface area contributed by atoms with Crippen molar-refractivity contribution in [3.63, 3.8) is 0 Å². The molecule has 0 bridgehead atoms. The molecule has 0 radical (unpaired) electrons. The molecule has 1 aromatic heterocycles. The van der Waals surface area contributed by atoms with Crippen molar-refractivity contribution in [2.24, 2.45) is 20.0 Å².